The van der Waals surface area contributed by atoms with Crippen LogP contribution in [-0.4, -0.2) is 47.6 Å². The standard InChI is InChI=1S/C30H44N6O2/c1-8-12-25(36-17-11-13-21(19-36)26(31)37)28(35(7)16-9-2)34-27(20(4)10-3)32-22-14-15-23-24(18-22)33-29(38)30(23,5)6/h9,12,14-16,18,21,32H,8,10-11,13,17,19H2,1-7H3,(H2,31,37)(H,33,38)/b16-9-,25-12-,27-20+,34-28-. The molecule has 0 bridgehead atoms. The topological polar surface area (TPSA) is 103 Å². The van der Waals surface area contributed by atoms with Crippen LogP contribution in [0.5, 0.6) is 0 Å². The summed E-state index contributed by atoms with van der Waals surface area (Å²) >= 11 is 0. The van der Waals surface area contributed by atoms with Gasteiger partial charge in [0.15, 0.2) is 5.84 Å². The number of benzene rings is 1. The summed E-state index contributed by atoms with van der Waals surface area (Å²) in [4.78, 5) is 33.9. The molecule has 1 unspecified atom stereocenters. The number of piperidine rings is 1. The third-order valence-electron chi connectivity index (χ3n) is 7.42. The van der Waals surface area contributed by atoms with Gasteiger partial charge in [0.1, 0.15) is 5.82 Å². The highest BCUT2D eigenvalue weighted by molar-refractivity contribution is 6.06. The molecule has 0 radical (unpaired) electrons. The van der Waals surface area contributed by atoms with Gasteiger partial charge in [-0.3, -0.25) is 9.59 Å². The summed E-state index contributed by atoms with van der Waals surface area (Å²) in [5, 5.41) is 6.54. The number of amides is 2. The fourth-order valence-corrected chi connectivity index (χ4v) is 4.91. The number of nitrogens with two attached hydrogens (primary N) is 1. The van der Waals surface area contributed by atoms with Gasteiger partial charge in [-0.25, -0.2) is 4.99 Å². The Morgan fingerprint density at radius 3 is 2.71 bits per heavy atom. The summed E-state index contributed by atoms with van der Waals surface area (Å²) < 4.78 is 0. The number of likely N-dealkylation sites (tertiary alicyclic amines) is 1. The smallest absolute Gasteiger partial charge is 0.234 e. The Labute approximate surface area is 227 Å². The molecule has 1 aromatic carbocycles. The van der Waals surface area contributed by atoms with E-state index in [1.807, 2.05) is 63.2 Å². The maximum absolute atomic E-state index is 12.5. The molecule has 2 aliphatic rings. The number of fused-ring (bicyclic) bond motifs is 1. The molecule has 2 heterocycles. The van der Waals surface area contributed by atoms with Crippen molar-refractivity contribution < 1.29 is 9.59 Å². The molecule has 4 N–H and O–H groups in total. The molecule has 2 aliphatic heterocycles. The number of carbonyl (C=O) groups is 2. The Bertz CT molecular complexity index is 1180. The highest BCUT2D eigenvalue weighted by Crippen LogP contribution is 2.39. The molecule has 0 aliphatic carbocycles. The molecule has 1 fully saturated rings. The zero-order valence-electron chi connectivity index (χ0n) is 24.0. The van der Waals surface area contributed by atoms with Crippen molar-refractivity contribution in [3.63, 3.8) is 0 Å². The van der Waals surface area contributed by atoms with E-state index in [4.69, 9.17) is 10.7 Å². The van der Waals surface area contributed by atoms with E-state index in [0.29, 0.717) is 6.54 Å². The average Bonchev–Trinajstić information content (AvgIpc) is 3.12. The summed E-state index contributed by atoms with van der Waals surface area (Å²) in [5.74, 6) is 1.13. The highest BCUT2D eigenvalue weighted by atomic mass is 16.2. The number of carbonyl (C=O) groups excluding carboxylic acids is 2. The lowest BCUT2D eigenvalue weighted by molar-refractivity contribution is -0.123. The van der Waals surface area contributed by atoms with Gasteiger partial charge in [-0.05, 0) is 76.6 Å². The predicted molar refractivity (Wildman–Crippen MR) is 157 cm³/mol. The predicted octanol–water partition coefficient (Wildman–Crippen LogP) is 5.32. The van der Waals surface area contributed by atoms with Crippen molar-refractivity contribution in [1.29, 1.82) is 0 Å². The van der Waals surface area contributed by atoms with Gasteiger partial charge in [-0.15, -0.1) is 0 Å². The van der Waals surface area contributed by atoms with Crippen molar-refractivity contribution in [3.8, 4) is 0 Å². The molecular weight excluding hydrogens is 476 g/mol. The van der Waals surface area contributed by atoms with Crippen LogP contribution in [0, 0.1) is 5.92 Å². The second kappa shape index (κ2) is 12.3. The molecule has 8 heteroatoms. The molecule has 0 aromatic heterocycles. The zero-order valence-corrected chi connectivity index (χ0v) is 24.0. The third kappa shape index (κ3) is 6.29. The summed E-state index contributed by atoms with van der Waals surface area (Å²) in [7, 11) is 1.99. The quantitative estimate of drug-likeness (QED) is 0.302. The molecule has 0 spiro atoms. The van der Waals surface area contributed by atoms with Gasteiger partial charge in [-0.1, -0.05) is 32.1 Å². The van der Waals surface area contributed by atoms with Crippen LogP contribution in [-0.2, 0) is 15.0 Å². The highest BCUT2D eigenvalue weighted by Gasteiger charge is 2.38. The number of amidine groups is 1. The molecule has 0 saturated carbocycles. The number of nitrogens with zero attached hydrogens (tertiary/aromatic N) is 3. The minimum atomic E-state index is -0.552. The molecule has 206 valence electrons. The monoisotopic (exact) mass is 520 g/mol. The van der Waals surface area contributed by atoms with E-state index in [1.54, 1.807) is 0 Å². The van der Waals surface area contributed by atoms with Gasteiger partial charge in [0, 0.05) is 37.7 Å². The average molecular weight is 521 g/mol. The van der Waals surface area contributed by atoms with Crippen LogP contribution in [0.4, 0.5) is 11.4 Å². The first-order chi connectivity index (χ1) is 18.0. The summed E-state index contributed by atoms with van der Waals surface area (Å²) in [6.45, 7) is 13.6. The van der Waals surface area contributed by atoms with Crippen LogP contribution in [0.15, 0.2) is 58.6 Å². The second-order valence-electron chi connectivity index (χ2n) is 10.7. The van der Waals surface area contributed by atoms with Crippen LogP contribution >= 0.6 is 0 Å². The summed E-state index contributed by atoms with van der Waals surface area (Å²) in [6.07, 6.45) is 9.52. The van der Waals surface area contributed by atoms with Crippen molar-refractivity contribution in [2.24, 2.45) is 16.6 Å². The first-order valence-corrected chi connectivity index (χ1v) is 13.6. The lowest BCUT2D eigenvalue weighted by Crippen LogP contribution is -2.44. The van der Waals surface area contributed by atoms with Crippen LogP contribution in [0.25, 0.3) is 0 Å². The Morgan fingerprint density at radius 1 is 1.34 bits per heavy atom. The SMILES string of the molecule is C/C=C\N(C)C(=N\C(Nc1ccc2c(c1)NC(=O)C2(C)C)=C(/C)CC)/C(=C/CC)N1CCCC(C(N)=O)C1. The number of likely N-dealkylation sites (N-methyl/N-ethyl adjacent to an activating group) is 1. The minimum Gasteiger partial charge on any atom is -0.369 e. The largest absolute Gasteiger partial charge is 0.369 e. The molecule has 1 saturated heterocycles. The van der Waals surface area contributed by atoms with Gasteiger partial charge >= 0.3 is 0 Å². The van der Waals surface area contributed by atoms with E-state index >= 15 is 0 Å². The van der Waals surface area contributed by atoms with Crippen LogP contribution in [0.1, 0.15) is 72.8 Å². The minimum absolute atomic E-state index is 0.00332. The van der Waals surface area contributed by atoms with E-state index in [-0.39, 0.29) is 17.7 Å². The van der Waals surface area contributed by atoms with Crippen molar-refractivity contribution in [3.05, 3.63) is 59.2 Å². The number of primary amides is 1. The summed E-state index contributed by atoms with van der Waals surface area (Å²) in [6, 6.07) is 5.98. The molecule has 8 nitrogen and oxygen atoms in total. The Morgan fingerprint density at radius 2 is 2.08 bits per heavy atom. The molecular formula is C30H44N6O2. The first kappa shape index (κ1) is 29.0. The lowest BCUT2D eigenvalue weighted by Gasteiger charge is -2.36. The lowest BCUT2D eigenvalue weighted by atomic mass is 9.86. The number of allylic oxidation sites excluding steroid dienone is 3. The fraction of sp³-hybridized carbons (Fsp3) is 0.500. The second-order valence-corrected chi connectivity index (χ2v) is 10.7. The Hall–Kier alpha value is -3.55. The molecule has 1 aromatic rings. The van der Waals surface area contributed by atoms with Gasteiger partial charge in [0.05, 0.1) is 17.0 Å². The van der Waals surface area contributed by atoms with E-state index in [2.05, 4.69) is 42.4 Å². The normalized spacial score (nSPS) is 20.2. The van der Waals surface area contributed by atoms with E-state index in [9.17, 15) is 9.59 Å². The number of rotatable bonds is 9. The summed E-state index contributed by atoms with van der Waals surface area (Å²) in [5.41, 5.74) is 9.91. The van der Waals surface area contributed by atoms with Crippen molar-refractivity contribution in [1.82, 2.24) is 9.80 Å². The fourth-order valence-electron chi connectivity index (χ4n) is 4.91. The van der Waals surface area contributed by atoms with Gasteiger partial charge in [0.2, 0.25) is 11.8 Å². The van der Waals surface area contributed by atoms with Gasteiger partial charge in [-0.2, -0.15) is 0 Å². The molecule has 1 atom stereocenters. The van der Waals surface area contributed by atoms with Crippen molar-refractivity contribution >= 4 is 29.0 Å². The van der Waals surface area contributed by atoms with Gasteiger partial charge in [0.25, 0.3) is 0 Å². The maximum atomic E-state index is 12.5. The molecule has 3 rings (SSSR count). The van der Waals surface area contributed by atoms with Crippen LogP contribution < -0.4 is 16.4 Å². The van der Waals surface area contributed by atoms with E-state index in [1.165, 1.54) is 0 Å². The van der Waals surface area contributed by atoms with Crippen molar-refractivity contribution in [2.45, 2.75) is 72.6 Å². The Balaban J connectivity index is 2.05. The number of aliphatic imine (C=N–C) groups is 1. The van der Waals surface area contributed by atoms with E-state index in [0.717, 1.165) is 72.1 Å². The third-order valence-corrected chi connectivity index (χ3v) is 7.42. The number of anilines is 2. The van der Waals surface area contributed by atoms with Crippen LogP contribution in [0.2, 0.25) is 0 Å². The molecule has 2 amide bonds. The van der Waals surface area contributed by atoms with Crippen LogP contribution in [0.3, 0.4) is 0 Å². The first-order valence-electron chi connectivity index (χ1n) is 13.6. The number of nitrogens with one attached hydrogen (secondary N) is 2. The Kier molecular flexibility index (Phi) is 9.41. The number of hydrogen-bond donors (Lipinski definition) is 3. The van der Waals surface area contributed by atoms with Gasteiger partial charge < -0.3 is 26.2 Å². The van der Waals surface area contributed by atoms with E-state index < -0.39 is 5.41 Å². The van der Waals surface area contributed by atoms with Crippen molar-refractivity contribution in [2.75, 3.05) is 30.8 Å². The molecule has 38 heavy (non-hydrogen) atoms. The zero-order chi connectivity index (χ0) is 28.0. The number of hydrogen-bond acceptors (Lipinski definition) is 5. The maximum Gasteiger partial charge on any atom is 0.234 e.